The summed E-state index contributed by atoms with van der Waals surface area (Å²) in [5.41, 5.74) is 0. The van der Waals surface area contributed by atoms with Crippen LogP contribution in [0, 0.1) is 5.92 Å². The van der Waals surface area contributed by atoms with Crippen LogP contribution in [0.3, 0.4) is 0 Å². The fourth-order valence-electron chi connectivity index (χ4n) is 2.08. The van der Waals surface area contributed by atoms with E-state index in [0.717, 1.165) is 19.0 Å². The van der Waals surface area contributed by atoms with Gasteiger partial charge < -0.3 is 5.32 Å². The largest absolute Gasteiger partial charge is 0.350 e. The van der Waals surface area contributed by atoms with Gasteiger partial charge in [-0.3, -0.25) is 9.69 Å². The number of hydrogen-bond donors (Lipinski definition) is 1. The third-order valence-electron chi connectivity index (χ3n) is 3.28. The van der Waals surface area contributed by atoms with Crippen LogP contribution in [-0.2, 0) is 11.3 Å². The molecule has 0 radical (unpaired) electrons. The summed E-state index contributed by atoms with van der Waals surface area (Å²) in [4.78, 5) is 15.2. The summed E-state index contributed by atoms with van der Waals surface area (Å²) in [6, 6.07) is 4.06. The van der Waals surface area contributed by atoms with Crippen molar-refractivity contribution in [1.29, 1.82) is 0 Å². The first-order valence-electron chi connectivity index (χ1n) is 6.25. The van der Waals surface area contributed by atoms with Crippen LogP contribution in [0.2, 0.25) is 0 Å². The Kier molecular flexibility index (Phi) is 4.57. The first-order chi connectivity index (χ1) is 8.24. The molecule has 1 aromatic heterocycles. The molecule has 1 aliphatic heterocycles. The Balaban J connectivity index is 1.67. The van der Waals surface area contributed by atoms with Crippen molar-refractivity contribution in [1.82, 2.24) is 10.2 Å². The number of thiophene rings is 1. The molecule has 1 saturated heterocycles. The number of amides is 1. The van der Waals surface area contributed by atoms with Crippen molar-refractivity contribution >= 4 is 17.2 Å². The van der Waals surface area contributed by atoms with Crippen molar-refractivity contribution in [2.45, 2.75) is 26.3 Å². The van der Waals surface area contributed by atoms with Crippen LogP contribution in [0.1, 0.15) is 24.6 Å². The smallest absolute Gasteiger partial charge is 0.234 e. The number of piperidine rings is 1. The van der Waals surface area contributed by atoms with E-state index in [9.17, 15) is 4.79 Å². The van der Waals surface area contributed by atoms with Crippen molar-refractivity contribution in [3.63, 3.8) is 0 Å². The second-order valence-corrected chi connectivity index (χ2v) is 5.85. The van der Waals surface area contributed by atoms with Gasteiger partial charge in [-0.15, -0.1) is 11.3 Å². The fraction of sp³-hybridized carbons (Fsp3) is 0.615. The van der Waals surface area contributed by atoms with Crippen LogP contribution < -0.4 is 5.32 Å². The molecule has 94 valence electrons. The summed E-state index contributed by atoms with van der Waals surface area (Å²) in [5, 5.41) is 5.01. The van der Waals surface area contributed by atoms with Crippen LogP contribution in [0.25, 0.3) is 0 Å². The molecule has 1 fully saturated rings. The van der Waals surface area contributed by atoms with Gasteiger partial charge in [-0.2, -0.15) is 0 Å². The number of rotatable bonds is 4. The van der Waals surface area contributed by atoms with E-state index in [1.807, 2.05) is 17.5 Å². The van der Waals surface area contributed by atoms with Gasteiger partial charge in [0.05, 0.1) is 13.1 Å². The minimum atomic E-state index is 0.146. The number of nitrogens with zero attached hydrogens (tertiary/aromatic N) is 1. The third-order valence-corrected chi connectivity index (χ3v) is 4.16. The van der Waals surface area contributed by atoms with E-state index in [-0.39, 0.29) is 5.91 Å². The van der Waals surface area contributed by atoms with E-state index >= 15 is 0 Å². The van der Waals surface area contributed by atoms with Gasteiger partial charge in [-0.05, 0) is 43.3 Å². The van der Waals surface area contributed by atoms with Gasteiger partial charge in [0, 0.05) is 4.88 Å². The summed E-state index contributed by atoms with van der Waals surface area (Å²) in [7, 11) is 0. The monoisotopic (exact) mass is 252 g/mol. The molecule has 0 aromatic carbocycles. The van der Waals surface area contributed by atoms with E-state index in [2.05, 4.69) is 17.1 Å². The molecule has 17 heavy (non-hydrogen) atoms. The number of likely N-dealkylation sites (tertiary alicyclic amines) is 1. The second-order valence-electron chi connectivity index (χ2n) is 4.81. The predicted molar refractivity (Wildman–Crippen MR) is 71.0 cm³/mol. The SMILES string of the molecule is CC1CCN(CC(=O)NCc2cccs2)CC1. The van der Waals surface area contributed by atoms with Crippen LogP contribution in [0.4, 0.5) is 0 Å². The van der Waals surface area contributed by atoms with Gasteiger partial charge in [0.25, 0.3) is 0 Å². The summed E-state index contributed by atoms with van der Waals surface area (Å²) in [6.07, 6.45) is 2.44. The molecule has 0 unspecified atom stereocenters. The Morgan fingerprint density at radius 2 is 2.29 bits per heavy atom. The maximum absolute atomic E-state index is 11.7. The van der Waals surface area contributed by atoms with Crippen LogP contribution >= 0.6 is 11.3 Å². The van der Waals surface area contributed by atoms with Crippen LogP contribution in [-0.4, -0.2) is 30.4 Å². The zero-order chi connectivity index (χ0) is 12.1. The summed E-state index contributed by atoms with van der Waals surface area (Å²) in [6.45, 7) is 5.63. The van der Waals surface area contributed by atoms with E-state index in [0.29, 0.717) is 13.1 Å². The van der Waals surface area contributed by atoms with Gasteiger partial charge in [-0.1, -0.05) is 13.0 Å². The number of carbonyl (C=O) groups is 1. The topological polar surface area (TPSA) is 32.3 Å². The lowest BCUT2D eigenvalue weighted by atomic mass is 9.99. The minimum Gasteiger partial charge on any atom is -0.350 e. The van der Waals surface area contributed by atoms with Crippen LogP contribution in [0.15, 0.2) is 17.5 Å². The Bertz CT molecular complexity index is 342. The molecular weight excluding hydrogens is 232 g/mol. The Labute approximate surface area is 107 Å². The lowest BCUT2D eigenvalue weighted by Gasteiger charge is -2.29. The fourth-order valence-corrected chi connectivity index (χ4v) is 2.72. The molecule has 3 nitrogen and oxygen atoms in total. The molecule has 0 aliphatic carbocycles. The van der Waals surface area contributed by atoms with Gasteiger partial charge in [-0.25, -0.2) is 0 Å². The first kappa shape index (κ1) is 12.6. The standard InChI is InChI=1S/C13H20N2OS/c1-11-4-6-15(7-5-11)10-13(16)14-9-12-3-2-8-17-12/h2-3,8,11H,4-7,9-10H2,1H3,(H,14,16). The van der Waals surface area contributed by atoms with Gasteiger partial charge in [0.1, 0.15) is 0 Å². The summed E-state index contributed by atoms with van der Waals surface area (Å²) in [5.74, 6) is 0.966. The van der Waals surface area contributed by atoms with E-state index in [1.54, 1.807) is 11.3 Å². The number of carbonyl (C=O) groups excluding carboxylic acids is 1. The molecular formula is C13H20N2OS. The quantitative estimate of drug-likeness (QED) is 0.890. The maximum Gasteiger partial charge on any atom is 0.234 e. The average Bonchev–Trinajstić information content (AvgIpc) is 2.83. The third kappa shape index (κ3) is 4.13. The highest BCUT2D eigenvalue weighted by atomic mass is 32.1. The Hall–Kier alpha value is -0.870. The minimum absolute atomic E-state index is 0.146. The Morgan fingerprint density at radius 3 is 2.94 bits per heavy atom. The number of nitrogens with one attached hydrogen (secondary N) is 1. The molecule has 0 bridgehead atoms. The van der Waals surface area contributed by atoms with Crippen molar-refractivity contribution in [3.8, 4) is 0 Å². The van der Waals surface area contributed by atoms with Gasteiger partial charge in [0.15, 0.2) is 0 Å². The van der Waals surface area contributed by atoms with Crippen molar-refractivity contribution in [2.24, 2.45) is 5.92 Å². The summed E-state index contributed by atoms with van der Waals surface area (Å²) >= 11 is 1.68. The zero-order valence-electron chi connectivity index (χ0n) is 10.3. The first-order valence-corrected chi connectivity index (χ1v) is 7.13. The molecule has 1 aliphatic rings. The molecule has 0 atom stereocenters. The lowest BCUT2D eigenvalue weighted by Crippen LogP contribution is -2.40. The molecule has 4 heteroatoms. The molecule has 2 heterocycles. The Morgan fingerprint density at radius 1 is 1.53 bits per heavy atom. The molecule has 0 spiro atoms. The van der Waals surface area contributed by atoms with Crippen molar-refractivity contribution in [3.05, 3.63) is 22.4 Å². The van der Waals surface area contributed by atoms with Gasteiger partial charge >= 0.3 is 0 Å². The molecule has 1 aromatic rings. The van der Waals surface area contributed by atoms with Crippen molar-refractivity contribution in [2.75, 3.05) is 19.6 Å². The molecule has 1 amide bonds. The predicted octanol–water partition coefficient (Wildman–Crippen LogP) is 2.10. The number of hydrogen-bond acceptors (Lipinski definition) is 3. The van der Waals surface area contributed by atoms with Crippen LogP contribution in [0.5, 0.6) is 0 Å². The van der Waals surface area contributed by atoms with E-state index < -0.39 is 0 Å². The van der Waals surface area contributed by atoms with E-state index in [4.69, 9.17) is 0 Å². The van der Waals surface area contributed by atoms with Crippen molar-refractivity contribution < 1.29 is 4.79 Å². The molecule has 0 saturated carbocycles. The van der Waals surface area contributed by atoms with Gasteiger partial charge in [0.2, 0.25) is 5.91 Å². The molecule has 2 rings (SSSR count). The van der Waals surface area contributed by atoms with E-state index in [1.165, 1.54) is 17.7 Å². The highest BCUT2D eigenvalue weighted by Gasteiger charge is 2.17. The highest BCUT2D eigenvalue weighted by molar-refractivity contribution is 7.09. The molecule has 1 N–H and O–H groups in total. The zero-order valence-corrected chi connectivity index (χ0v) is 11.1. The maximum atomic E-state index is 11.7. The lowest BCUT2D eigenvalue weighted by molar-refractivity contribution is -0.122. The second kappa shape index (κ2) is 6.17. The highest BCUT2D eigenvalue weighted by Crippen LogP contribution is 2.15. The summed E-state index contributed by atoms with van der Waals surface area (Å²) < 4.78 is 0. The normalized spacial score (nSPS) is 18.2. The average molecular weight is 252 g/mol.